The van der Waals surface area contributed by atoms with Crippen molar-refractivity contribution in [2.45, 2.75) is 6.92 Å². The van der Waals surface area contributed by atoms with Crippen molar-refractivity contribution in [3.8, 4) is 23.0 Å². The Morgan fingerprint density at radius 2 is 1.64 bits per heavy atom. The monoisotopic (exact) mass is 573 g/mol. The normalized spacial score (nSPS) is 10.6. The van der Waals surface area contributed by atoms with E-state index in [2.05, 4.69) is 15.8 Å². The van der Waals surface area contributed by atoms with Crippen LogP contribution in [-0.2, 0) is 4.79 Å². The number of hydrazone groups is 1. The first-order chi connectivity index (χ1) is 18.7. The van der Waals surface area contributed by atoms with Gasteiger partial charge in [0.05, 0.1) is 44.2 Å². The maximum atomic E-state index is 12.6. The van der Waals surface area contributed by atoms with E-state index < -0.39 is 17.8 Å². The van der Waals surface area contributed by atoms with Gasteiger partial charge in [-0.2, -0.15) is 5.10 Å². The summed E-state index contributed by atoms with van der Waals surface area (Å²) in [5, 5.41) is 6.95. The molecule has 204 valence electrons. The predicted molar refractivity (Wildman–Crippen MR) is 147 cm³/mol. The van der Waals surface area contributed by atoms with Crippen LogP contribution >= 0.6 is 23.2 Å². The summed E-state index contributed by atoms with van der Waals surface area (Å²) in [7, 11) is 2.95. The molecule has 39 heavy (non-hydrogen) atoms. The average molecular weight is 574 g/mol. The first kappa shape index (κ1) is 29.3. The number of hydrogen-bond donors (Lipinski definition) is 2. The van der Waals surface area contributed by atoms with Crippen molar-refractivity contribution in [2.24, 2.45) is 5.10 Å². The number of methoxy groups -OCH3 is 2. The van der Waals surface area contributed by atoms with Gasteiger partial charge in [0, 0.05) is 10.6 Å². The molecular weight excluding hydrogens is 549 g/mol. The van der Waals surface area contributed by atoms with E-state index in [4.69, 9.17) is 42.1 Å². The summed E-state index contributed by atoms with van der Waals surface area (Å²) in [6.07, 6.45) is 1.37. The lowest BCUT2D eigenvalue weighted by Crippen LogP contribution is -2.34. The quantitative estimate of drug-likeness (QED) is 0.150. The minimum absolute atomic E-state index is 0.148. The Bertz CT molecular complexity index is 1400. The van der Waals surface area contributed by atoms with Gasteiger partial charge >= 0.3 is 5.97 Å². The van der Waals surface area contributed by atoms with E-state index >= 15 is 0 Å². The largest absolute Gasteiger partial charge is 0.493 e. The summed E-state index contributed by atoms with van der Waals surface area (Å²) in [6.45, 7) is 1.78. The van der Waals surface area contributed by atoms with Gasteiger partial charge in [0.25, 0.3) is 11.8 Å². The van der Waals surface area contributed by atoms with Crippen LogP contribution in [0.25, 0.3) is 0 Å². The van der Waals surface area contributed by atoms with Crippen LogP contribution in [-0.4, -0.2) is 51.4 Å². The number of nitrogens with zero attached hydrogens (tertiary/aromatic N) is 1. The van der Waals surface area contributed by atoms with Crippen molar-refractivity contribution in [2.75, 3.05) is 27.4 Å². The molecule has 2 amide bonds. The first-order valence-corrected chi connectivity index (χ1v) is 12.3. The van der Waals surface area contributed by atoms with E-state index in [1.807, 2.05) is 0 Å². The second kappa shape index (κ2) is 14.0. The predicted octanol–water partition coefficient (Wildman–Crippen LogP) is 4.51. The zero-order chi connectivity index (χ0) is 28.4. The van der Waals surface area contributed by atoms with Crippen molar-refractivity contribution in [3.05, 3.63) is 81.3 Å². The van der Waals surface area contributed by atoms with Gasteiger partial charge in [-0.3, -0.25) is 9.59 Å². The van der Waals surface area contributed by atoms with Gasteiger partial charge in [0.15, 0.2) is 23.0 Å². The molecule has 0 bridgehead atoms. The van der Waals surface area contributed by atoms with Crippen molar-refractivity contribution in [1.29, 1.82) is 0 Å². The number of benzene rings is 3. The molecule has 0 fully saturated rings. The fourth-order valence-electron chi connectivity index (χ4n) is 3.23. The van der Waals surface area contributed by atoms with Crippen molar-refractivity contribution >= 4 is 47.2 Å². The summed E-state index contributed by atoms with van der Waals surface area (Å²) < 4.78 is 21.4. The van der Waals surface area contributed by atoms with E-state index in [9.17, 15) is 14.4 Å². The molecule has 0 spiro atoms. The zero-order valence-electron chi connectivity index (χ0n) is 21.2. The van der Waals surface area contributed by atoms with E-state index in [0.717, 1.165) is 0 Å². The third-order valence-electron chi connectivity index (χ3n) is 5.08. The van der Waals surface area contributed by atoms with E-state index in [0.29, 0.717) is 34.3 Å². The smallest absolute Gasteiger partial charge is 0.345 e. The summed E-state index contributed by atoms with van der Waals surface area (Å²) >= 11 is 12.0. The number of carbonyl (C=O) groups is 3. The van der Waals surface area contributed by atoms with Crippen molar-refractivity contribution in [3.63, 3.8) is 0 Å². The van der Waals surface area contributed by atoms with Gasteiger partial charge in [-0.1, -0.05) is 23.2 Å². The van der Waals surface area contributed by atoms with Crippen LogP contribution in [0.4, 0.5) is 0 Å². The van der Waals surface area contributed by atoms with Gasteiger partial charge in [-0.15, -0.1) is 0 Å². The molecule has 3 aromatic rings. The van der Waals surface area contributed by atoms with Gasteiger partial charge in [-0.05, 0) is 67.1 Å². The number of nitrogens with one attached hydrogen (secondary N) is 2. The van der Waals surface area contributed by atoms with Gasteiger partial charge in [0.1, 0.15) is 0 Å². The van der Waals surface area contributed by atoms with Crippen molar-refractivity contribution in [1.82, 2.24) is 10.7 Å². The molecule has 2 N–H and O–H groups in total. The molecule has 0 heterocycles. The third kappa shape index (κ3) is 8.10. The maximum absolute atomic E-state index is 12.6. The van der Waals surface area contributed by atoms with Gasteiger partial charge in [-0.25, -0.2) is 10.2 Å². The SMILES string of the molecule is CCOc1cc(/C=N\NC(=O)CNC(=O)c2ccc(OC)c(OC)c2)ccc1OC(=O)c1ccc(Cl)cc1Cl. The molecule has 0 unspecified atom stereocenters. The molecule has 0 aromatic heterocycles. The molecule has 0 radical (unpaired) electrons. The summed E-state index contributed by atoms with van der Waals surface area (Å²) in [5.41, 5.74) is 3.33. The fraction of sp³-hybridized carbons (Fsp3) is 0.185. The standard InChI is InChI=1S/C27H25Cl2N3O7/c1-4-38-24-11-16(5-9-22(24)39-27(35)19-8-7-18(28)13-20(19)29)14-31-32-25(33)15-30-26(34)17-6-10-21(36-2)23(12-17)37-3/h5-14H,4,15H2,1-3H3,(H,30,34)(H,32,33)/b31-14-. The van der Waals surface area contributed by atoms with Crippen LogP contribution in [0.2, 0.25) is 10.0 Å². The van der Waals surface area contributed by atoms with Crippen LogP contribution in [0, 0.1) is 0 Å². The Morgan fingerprint density at radius 3 is 2.33 bits per heavy atom. The highest BCUT2D eigenvalue weighted by Crippen LogP contribution is 2.30. The van der Waals surface area contributed by atoms with Crippen LogP contribution in [0.1, 0.15) is 33.2 Å². The molecule has 0 aliphatic rings. The highest BCUT2D eigenvalue weighted by Gasteiger charge is 2.16. The fourth-order valence-corrected chi connectivity index (χ4v) is 3.71. The lowest BCUT2D eigenvalue weighted by molar-refractivity contribution is -0.120. The highest BCUT2D eigenvalue weighted by molar-refractivity contribution is 6.36. The number of halogens is 2. The van der Waals surface area contributed by atoms with Gasteiger partial charge in [0.2, 0.25) is 0 Å². The Kier molecular flexibility index (Phi) is 10.5. The highest BCUT2D eigenvalue weighted by atomic mass is 35.5. The lowest BCUT2D eigenvalue weighted by atomic mass is 10.2. The molecular formula is C27H25Cl2N3O7. The maximum Gasteiger partial charge on any atom is 0.345 e. The molecule has 3 rings (SSSR count). The zero-order valence-corrected chi connectivity index (χ0v) is 22.8. The molecule has 0 atom stereocenters. The summed E-state index contributed by atoms with van der Waals surface area (Å²) in [6, 6.07) is 13.8. The molecule has 10 nitrogen and oxygen atoms in total. The Hall–Kier alpha value is -4.28. The topological polar surface area (TPSA) is 125 Å². The van der Waals surface area contributed by atoms with Crippen LogP contribution < -0.4 is 29.7 Å². The van der Waals surface area contributed by atoms with E-state index in [1.54, 1.807) is 31.2 Å². The summed E-state index contributed by atoms with van der Waals surface area (Å²) in [4.78, 5) is 37.1. The Morgan fingerprint density at radius 1 is 0.897 bits per heavy atom. The number of rotatable bonds is 11. The number of amides is 2. The average Bonchev–Trinajstić information content (AvgIpc) is 2.92. The van der Waals surface area contributed by atoms with E-state index in [1.165, 1.54) is 50.8 Å². The van der Waals surface area contributed by atoms with E-state index in [-0.39, 0.29) is 28.6 Å². The summed E-state index contributed by atoms with van der Waals surface area (Å²) in [5.74, 6) is -0.371. The molecule has 0 saturated heterocycles. The van der Waals surface area contributed by atoms with Crippen LogP contribution in [0.5, 0.6) is 23.0 Å². The second-order valence-electron chi connectivity index (χ2n) is 7.70. The first-order valence-electron chi connectivity index (χ1n) is 11.5. The lowest BCUT2D eigenvalue weighted by Gasteiger charge is -2.12. The Balaban J connectivity index is 1.58. The number of carbonyl (C=O) groups excluding carboxylic acids is 3. The molecule has 0 aliphatic carbocycles. The number of hydrogen-bond acceptors (Lipinski definition) is 8. The molecule has 12 heteroatoms. The second-order valence-corrected chi connectivity index (χ2v) is 8.54. The molecule has 3 aromatic carbocycles. The van der Waals surface area contributed by atoms with Crippen LogP contribution in [0.3, 0.4) is 0 Å². The van der Waals surface area contributed by atoms with Gasteiger partial charge < -0.3 is 24.3 Å². The Labute approximate surface area is 234 Å². The number of ether oxygens (including phenoxy) is 4. The number of esters is 1. The minimum atomic E-state index is -0.679. The third-order valence-corrected chi connectivity index (χ3v) is 5.63. The van der Waals surface area contributed by atoms with Crippen LogP contribution in [0.15, 0.2) is 59.7 Å². The minimum Gasteiger partial charge on any atom is -0.493 e. The molecule has 0 aliphatic heterocycles. The van der Waals surface area contributed by atoms with Crippen molar-refractivity contribution < 1.29 is 33.3 Å². The molecule has 0 saturated carbocycles.